The standard InChI is InChI=1S/C19H17Cl2N3O2S/c1-24(18(25)10-11-27-16-8-6-15(21)7-9-16)12-17-22-19(23-26-17)13-2-4-14(20)5-3-13/h2-9H,10-12H2,1H3. The number of halogens is 2. The van der Waals surface area contributed by atoms with Crippen LogP contribution in [0.25, 0.3) is 11.4 Å². The molecule has 1 amide bonds. The molecule has 2 aromatic carbocycles. The van der Waals surface area contributed by atoms with Gasteiger partial charge in [0, 0.05) is 39.7 Å². The Hall–Kier alpha value is -2.02. The number of hydrogen-bond acceptors (Lipinski definition) is 5. The van der Waals surface area contributed by atoms with Gasteiger partial charge >= 0.3 is 0 Å². The van der Waals surface area contributed by atoms with Crippen LogP contribution in [0.4, 0.5) is 0 Å². The summed E-state index contributed by atoms with van der Waals surface area (Å²) in [6.45, 7) is 0.269. The van der Waals surface area contributed by atoms with Crippen molar-refractivity contribution >= 4 is 40.9 Å². The summed E-state index contributed by atoms with van der Waals surface area (Å²) >= 11 is 13.4. The summed E-state index contributed by atoms with van der Waals surface area (Å²) in [4.78, 5) is 19.3. The summed E-state index contributed by atoms with van der Waals surface area (Å²) in [6.07, 6.45) is 0.419. The van der Waals surface area contributed by atoms with E-state index in [-0.39, 0.29) is 12.5 Å². The van der Waals surface area contributed by atoms with Gasteiger partial charge in [-0.3, -0.25) is 4.79 Å². The lowest BCUT2D eigenvalue weighted by Crippen LogP contribution is -2.26. The summed E-state index contributed by atoms with van der Waals surface area (Å²) in [5.41, 5.74) is 0.808. The van der Waals surface area contributed by atoms with Gasteiger partial charge in [-0.2, -0.15) is 4.98 Å². The maximum atomic E-state index is 12.3. The number of rotatable bonds is 7. The highest BCUT2D eigenvalue weighted by Gasteiger charge is 2.14. The van der Waals surface area contributed by atoms with Crippen LogP contribution in [0.1, 0.15) is 12.3 Å². The Morgan fingerprint density at radius 3 is 2.37 bits per heavy atom. The van der Waals surface area contributed by atoms with E-state index < -0.39 is 0 Å². The number of thioether (sulfide) groups is 1. The van der Waals surface area contributed by atoms with Crippen LogP contribution in [0.3, 0.4) is 0 Å². The number of carbonyl (C=O) groups excluding carboxylic acids is 1. The third kappa shape index (κ3) is 5.73. The Morgan fingerprint density at radius 1 is 1.07 bits per heavy atom. The van der Waals surface area contributed by atoms with Gasteiger partial charge in [0.2, 0.25) is 17.6 Å². The molecule has 0 radical (unpaired) electrons. The van der Waals surface area contributed by atoms with E-state index in [1.54, 1.807) is 35.8 Å². The highest BCUT2D eigenvalue weighted by atomic mass is 35.5. The van der Waals surface area contributed by atoms with Gasteiger partial charge in [-0.05, 0) is 48.5 Å². The molecule has 3 aromatic rings. The second kappa shape index (κ2) is 9.26. The van der Waals surface area contributed by atoms with Crippen LogP contribution >= 0.6 is 35.0 Å². The predicted molar refractivity (Wildman–Crippen MR) is 108 cm³/mol. The van der Waals surface area contributed by atoms with Crippen molar-refractivity contribution in [3.8, 4) is 11.4 Å². The van der Waals surface area contributed by atoms with Crippen LogP contribution in [0, 0.1) is 0 Å². The van der Waals surface area contributed by atoms with E-state index in [2.05, 4.69) is 10.1 Å². The van der Waals surface area contributed by atoms with Gasteiger partial charge < -0.3 is 9.42 Å². The number of hydrogen-bond donors (Lipinski definition) is 0. The fraction of sp³-hybridized carbons (Fsp3) is 0.211. The maximum absolute atomic E-state index is 12.3. The van der Waals surface area contributed by atoms with Crippen molar-refractivity contribution in [3.63, 3.8) is 0 Å². The van der Waals surface area contributed by atoms with E-state index in [9.17, 15) is 4.79 Å². The monoisotopic (exact) mass is 421 g/mol. The Labute approximate surface area is 171 Å². The predicted octanol–water partition coefficient (Wildman–Crippen LogP) is 5.18. The summed E-state index contributed by atoms with van der Waals surface area (Å²) < 4.78 is 5.25. The Balaban J connectivity index is 1.49. The zero-order valence-electron chi connectivity index (χ0n) is 14.6. The molecule has 0 bridgehead atoms. The van der Waals surface area contributed by atoms with Crippen molar-refractivity contribution in [2.75, 3.05) is 12.8 Å². The minimum atomic E-state index is 0.0164. The topological polar surface area (TPSA) is 59.2 Å². The number of amides is 1. The van der Waals surface area contributed by atoms with Crippen molar-refractivity contribution in [3.05, 3.63) is 64.5 Å². The molecular weight excluding hydrogens is 405 g/mol. The third-order valence-electron chi connectivity index (χ3n) is 3.77. The van der Waals surface area contributed by atoms with Gasteiger partial charge in [0.25, 0.3) is 0 Å². The molecule has 0 saturated carbocycles. The first kappa shape index (κ1) is 19.7. The van der Waals surface area contributed by atoms with E-state index in [1.807, 2.05) is 36.4 Å². The van der Waals surface area contributed by atoms with E-state index in [1.165, 1.54) is 0 Å². The molecule has 5 nitrogen and oxygen atoms in total. The highest BCUT2D eigenvalue weighted by Crippen LogP contribution is 2.22. The molecule has 1 heterocycles. The molecule has 27 heavy (non-hydrogen) atoms. The first-order valence-corrected chi connectivity index (χ1v) is 9.96. The number of benzene rings is 2. The van der Waals surface area contributed by atoms with Crippen LogP contribution in [0.2, 0.25) is 10.0 Å². The van der Waals surface area contributed by atoms with Crippen molar-refractivity contribution in [1.29, 1.82) is 0 Å². The van der Waals surface area contributed by atoms with Gasteiger partial charge in [0.1, 0.15) is 0 Å². The molecule has 0 aliphatic carbocycles. The molecule has 3 rings (SSSR count). The Bertz CT molecular complexity index is 898. The smallest absolute Gasteiger partial charge is 0.246 e. The molecule has 0 N–H and O–H groups in total. The molecule has 0 spiro atoms. The molecule has 0 saturated heterocycles. The first-order valence-electron chi connectivity index (χ1n) is 8.22. The minimum absolute atomic E-state index is 0.0164. The lowest BCUT2D eigenvalue weighted by Gasteiger charge is -2.14. The van der Waals surface area contributed by atoms with Crippen LogP contribution < -0.4 is 0 Å². The van der Waals surface area contributed by atoms with Crippen LogP contribution in [-0.2, 0) is 11.3 Å². The minimum Gasteiger partial charge on any atom is -0.337 e. The number of carbonyl (C=O) groups is 1. The largest absolute Gasteiger partial charge is 0.337 e. The summed E-state index contributed by atoms with van der Waals surface area (Å²) in [5, 5.41) is 5.30. The molecule has 140 valence electrons. The molecule has 1 aromatic heterocycles. The molecule has 0 fully saturated rings. The summed E-state index contributed by atoms with van der Waals surface area (Å²) in [6, 6.07) is 14.7. The molecule has 0 aliphatic rings. The van der Waals surface area contributed by atoms with Crippen LogP contribution in [-0.4, -0.2) is 33.7 Å². The zero-order valence-corrected chi connectivity index (χ0v) is 16.9. The average Bonchev–Trinajstić information content (AvgIpc) is 3.12. The van der Waals surface area contributed by atoms with Crippen molar-refractivity contribution in [2.45, 2.75) is 17.9 Å². The van der Waals surface area contributed by atoms with Gasteiger partial charge in [0.05, 0.1) is 6.54 Å². The SMILES string of the molecule is CN(Cc1nc(-c2ccc(Cl)cc2)no1)C(=O)CCSc1ccc(Cl)cc1. The van der Waals surface area contributed by atoms with E-state index in [0.717, 1.165) is 10.5 Å². The van der Waals surface area contributed by atoms with E-state index in [0.29, 0.717) is 33.9 Å². The fourth-order valence-electron chi connectivity index (χ4n) is 2.30. The average molecular weight is 422 g/mol. The maximum Gasteiger partial charge on any atom is 0.246 e. The quantitative estimate of drug-likeness (QED) is 0.491. The fourth-order valence-corrected chi connectivity index (χ4v) is 3.40. The lowest BCUT2D eigenvalue weighted by atomic mass is 10.2. The number of nitrogens with zero attached hydrogens (tertiary/aromatic N) is 3. The highest BCUT2D eigenvalue weighted by molar-refractivity contribution is 7.99. The normalized spacial score (nSPS) is 10.8. The van der Waals surface area contributed by atoms with Crippen LogP contribution in [0.5, 0.6) is 0 Å². The van der Waals surface area contributed by atoms with Crippen molar-refractivity contribution in [1.82, 2.24) is 15.0 Å². The molecular formula is C19H17Cl2N3O2S. The Kier molecular flexibility index (Phi) is 6.77. The van der Waals surface area contributed by atoms with Gasteiger partial charge in [-0.1, -0.05) is 28.4 Å². The molecule has 0 aliphatic heterocycles. The Morgan fingerprint density at radius 2 is 1.70 bits per heavy atom. The molecule has 0 unspecified atom stereocenters. The zero-order chi connectivity index (χ0) is 19.2. The van der Waals surface area contributed by atoms with Gasteiger partial charge in [-0.15, -0.1) is 11.8 Å². The summed E-state index contributed by atoms with van der Waals surface area (Å²) in [5.74, 6) is 1.56. The lowest BCUT2D eigenvalue weighted by molar-refractivity contribution is -0.130. The van der Waals surface area contributed by atoms with E-state index in [4.69, 9.17) is 27.7 Å². The second-order valence-electron chi connectivity index (χ2n) is 5.82. The number of aromatic nitrogens is 2. The van der Waals surface area contributed by atoms with Gasteiger partial charge in [-0.25, -0.2) is 0 Å². The van der Waals surface area contributed by atoms with Crippen molar-refractivity contribution < 1.29 is 9.32 Å². The first-order chi connectivity index (χ1) is 13.0. The van der Waals surface area contributed by atoms with E-state index >= 15 is 0 Å². The second-order valence-corrected chi connectivity index (χ2v) is 7.86. The van der Waals surface area contributed by atoms with Crippen molar-refractivity contribution in [2.24, 2.45) is 0 Å². The van der Waals surface area contributed by atoms with Gasteiger partial charge in [0.15, 0.2) is 0 Å². The molecule has 0 atom stereocenters. The summed E-state index contributed by atoms with van der Waals surface area (Å²) in [7, 11) is 1.72. The third-order valence-corrected chi connectivity index (χ3v) is 5.28. The van der Waals surface area contributed by atoms with Crippen LogP contribution in [0.15, 0.2) is 57.9 Å². The molecule has 8 heteroatoms.